The first kappa shape index (κ1) is 26.7. The first-order valence-electron chi connectivity index (χ1n) is 12.9. The number of carboxylic acid groups (broad SMARTS) is 1. The van der Waals surface area contributed by atoms with Gasteiger partial charge >= 0.3 is 12.1 Å². The Kier molecular flexibility index (Phi) is 6.24. The van der Waals surface area contributed by atoms with Crippen molar-refractivity contribution in [3.05, 3.63) is 83.4 Å². The maximum Gasteiger partial charge on any atom is 0.416 e. The van der Waals surface area contributed by atoms with E-state index in [4.69, 9.17) is 10.7 Å². The molecule has 39 heavy (non-hydrogen) atoms. The van der Waals surface area contributed by atoms with Crippen molar-refractivity contribution >= 4 is 17.3 Å². The number of fused-ring (bicyclic) bond motifs is 1. The summed E-state index contributed by atoms with van der Waals surface area (Å²) in [6.45, 7) is 7.63. The molecule has 0 bridgehead atoms. The molecule has 0 radical (unpaired) electrons. The van der Waals surface area contributed by atoms with E-state index in [1.54, 1.807) is 25.4 Å². The Morgan fingerprint density at radius 3 is 2.44 bits per heavy atom. The van der Waals surface area contributed by atoms with Gasteiger partial charge < -0.3 is 10.8 Å². The molecule has 2 heterocycles. The summed E-state index contributed by atoms with van der Waals surface area (Å²) in [6.07, 6.45) is 0.212. The van der Waals surface area contributed by atoms with Crippen molar-refractivity contribution in [3.8, 4) is 11.3 Å². The van der Waals surface area contributed by atoms with Crippen LogP contribution in [0.15, 0.2) is 60.9 Å². The summed E-state index contributed by atoms with van der Waals surface area (Å²) in [5, 5.41) is 10.0. The molecule has 3 N–H and O–H groups in total. The van der Waals surface area contributed by atoms with Gasteiger partial charge in [-0.25, -0.2) is 9.97 Å². The average molecular weight is 537 g/mol. The highest BCUT2D eigenvalue weighted by atomic mass is 19.4. The standard InChI is InChI=1S/C30H31F3N4O2/c1-17(20-6-5-7-21(16-20)30(31,32)33)18-8-10-19(11-9-18)23-24-25(34)35-14-15-37(24)26(36-23)22-12-13-29(4,27(38)39)28(22,2)3/h5-11,14-17,22H,12-13H2,1-4H3,(H2,34,35)(H,38,39)/t17-,22-,29+/m0/s1. The fourth-order valence-corrected chi connectivity index (χ4v) is 5.98. The van der Waals surface area contributed by atoms with E-state index in [2.05, 4.69) is 4.98 Å². The number of halogens is 3. The van der Waals surface area contributed by atoms with Gasteiger partial charge in [-0.3, -0.25) is 9.20 Å². The van der Waals surface area contributed by atoms with Crippen molar-refractivity contribution in [2.45, 2.75) is 58.5 Å². The number of aliphatic carboxylic acids is 1. The number of carbonyl (C=O) groups is 1. The molecule has 9 heteroatoms. The van der Waals surface area contributed by atoms with Crippen LogP contribution < -0.4 is 5.73 Å². The minimum absolute atomic E-state index is 0.123. The zero-order chi connectivity index (χ0) is 28.3. The van der Waals surface area contributed by atoms with Gasteiger partial charge in [0.25, 0.3) is 0 Å². The number of anilines is 1. The normalized spacial score (nSPS) is 21.8. The molecule has 0 unspecified atom stereocenters. The van der Waals surface area contributed by atoms with Crippen molar-refractivity contribution in [1.82, 2.24) is 14.4 Å². The fraction of sp³-hybridized carbons (Fsp3) is 0.367. The van der Waals surface area contributed by atoms with E-state index in [1.165, 1.54) is 12.1 Å². The number of hydrogen-bond donors (Lipinski definition) is 2. The molecule has 0 saturated heterocycles. The van der Waals surface area contributed by atoms with Gasteiger partial charge in [0.1, 0.15) is 22.9 Å². The summed E-state index contributed by atoms with van der Waals surface area (Å²) in [4.78, 5) is 21.5. The van der Waals surface area contributed by atoms with Crippen LogP contribution in [0.1, 0.15) is 74.9 Å². The van der Waals surface area contributed by atoms with Gasteiger partial charge in [0.2, 0.25) is 0 Å². The topological polar surface area (TPSA) is 93.5 Å². The molecule has 1 aliphatic rings. The van der Waals surface area contributed by atoms with E-state index in [1.807, 2.05) is 49.4 Å². The summed E-state index contributed by atoms with van der Waals surface area (Å²) in [5.41, 5.74) is 7.68. The number of nitrogens with zero attached hydrogens (tertiary/aromatic N) is 3. The number of benzene rings is 2. The number of nitrogens with two attached hydrogens (primary N) is 1. The minimum atomic E-state index is -4.40. The first-order chi connectivity index (χ1) is 18.3. The molecule has 3 atom stereocenters. The van der Waals surface area contributed by atoms with Crippen molar-refractivity contribution < 1.29 is 23.1 Å². The summed E-state index contributed by atoms with van der Waals surface area (Å²) in [6, 6.07) is 12.9. The first-order valence-corrected chi connectivity index (χ1v) is 12.9. The molecule has 2 aromatic heterocycles. The Labute approximate surface area is 224 Å². The molecule has 6 nitrogen and oxygen atoms in total. The van der Waals surface area contributed by atoms with Gasteiger partial charge in [-0.15, -0.1) is 0 Å². The summed E-state index contributed by atoms with van der Waals surface area (Å²) >= 11 is 0. The van der Waals surface area contributed by atoms with Crippen LogP contribution in [0.25, 0.3) is 16.8 Å². The van der Waals surface area contributed by atoms with Crippen LogP contribution in [0, 0.1) is 10.8 Å². The Morgan fingerprint density at radius 1 is 1.13 bits per heavy atom. The molecular formula is C30H31F3N4O2. The number of nitrogen functional groups attached to an aromatic ring is 1. The second-order valence-electron chi connectivity index (χ2n) is 11.3. The Bertz CT molecular complexity index is 1560. The van der Waals surface area contributed by atoms with Crippen molar-refractivity contribution in [2.24, 2.45) is 10.8 Å². The quantitative estimate of drug-likeness (QED) is 0.283. The number of aromatic nitrogens is 3. The third kappa shape index (κ3) is 4.24. The van der Waals surface area contributed by atoms with Gasteiger partial charge in [0.15, 0.2) is 0 Å². The van der Waals surface area contributed by atoms with Crippen LogP contribution in [-0.4, -0.2) is 25.4 Å². The summed E-state index contributed by atoms with van der Waals surface area (Å²) in [5.74, 6) is -0.144. The lowest BCUT2D eigenvalue weighted by molar-refractivity contribution is -0.153. The zero-order valence-corrected chi connectivity index (χ0v) is 22.3. The van der Waals surface area contributed by atoms with Gasteiger partial charge in [-0.2, -0.15) is 13.2 Å². The SMILES string of the molecule is C[C@@H](c1ccc(-c2nc([C@@H]3CC[C@](C)(C(=O)O)C3(C)C)n3ccnc(N)c23)cc1)c1cccc(C(F)(F)F)c1. The van der Waals surface area contributed by atoms with Crippen LogP contribution in [0.4, 0.5) is 19.0 Å². The average Bonchev–Trinajstić information content (AvgIpc) is 3.39. The van der Waals surface area contributed by atoms with Gasteiger partial charge in [-0.05, 0) is 42.4 Å². The Morgan fingerprint density at radius 2 is 1.82 bits per heavy atom. The van der Waals surface area contributed by atoms with E-state index in [0.717, 1.165) is 23.0 Å². The van der Waals surface area contributed by atoms with E-state index < -0.39 is 28.5 Å². The van der Waals surface area contributed by atoms with Crippen molar-refractivity contribution in [2.75, 3.05) is 5.73 Å². The predicted molar refractivity (Wildman–Crippen MR) is 143 cm³/mol. The lowest BCUT2D eigenvalue weighted by Crippen LogP contribution is -2.40. The molecule has 5 rings (SSSR count). The maximum absolute atomic E-state index is 13.2. The molecule has 0 aliphatic heterocycles. The second kappa shape index (κ2) is 9.10. The summed E-state index contributed by atoms with van der Waals surface area (Å²) in [7, 11) is 0. The highest BCUT2D eigenvalue weighted by molar-refractivity contribution is 5.85. The third-order valence-electron chi connectivity index (χ3n) is 9.02. The number of alkyl halides is 3. The number of hydrogen-bond acceptors (Lipinski definition) is 4. The molecule has 2 aromatic carbocycles. The summed E-state index contributed by atoms with van der Waals surface area (Å²) < 4.78 is 41.6. The number of imidazole rings is 1. The van der Waals surface area contributed by atoms with Crippen LogP contribution in [0.2, 0.25) is 0 Å². The van der Waals surface area contributed by atoms with Gasteiger partial charge in [-0.1, -0.05) is 63.2 Å². The van der Waals surface area contributed by atoms with Crippen LogP contribution in [0.5, 0.6) is 0 Å². The lowest BCUT2D eigenvalue weighted by Gasteiger charge is -2.38. The molecule has 1 aliphatic carbocycles. The number of rotatable bonds is 5. The van der Waals surface area contributed by atoms with Crippen molar-refractivity contribution in [3.63, 3.8) is 0 Å². The third-order valence-corrected chi connectivity index (χ3v) is 9.02. The lowest BCUT2D eigenvalue weighted by atomic mass is 9.65. The molecule has 4 aromatic rings. The smallest absolute Gasteiger partial charge is 0.416 e. The fourth-order valence-electron chi connectivity index (χ4n) is 5.98. The largest absolute Gasteiger partial charge is 0.481 e. The molecule has 1 fully saturated rings. The zero-order valence-electron chi connectivity index (χ0n) is 22.3. The monoisotopic (exact) mass is 536 g/mol. The molecule has 0 amide bonds. The number of carboxylic acids is 1. The molecule has 0 spiro atoms. The second-order valence-corrected chi connectivity index (χ2v) is 11.3. The minimum Gasteiger partial charge on any atom is -0.481 e. The Balaban J connectivity index is 1.54. The molecule has 204 valence electrons. The van der Waals surface area contributed by atoms with E-state index in [-0.39, 0.29) is 11.8 Å². The van der Waals surface area contributed by atoms with Crippen molar-refractivity contribution in [1.29, 1.82) is 0 Å². The maximum atomic E-state index is 13.2. The van der Waals surface area contributed by atoms with E-state index in [9.17, 15) is 23.1 Å². The predicted octanol–water partition coefficient (Wildman–Crippen LogP) is 7.14. The van der Waals surface area contributed by atoms with E-state index in [0.29, 0.717) is 35.4 Å². The Hall–Kier alpha value is -3.88. The highest BCUT2D eigenvalue weighted by Gasteiger charge is 2.57. The van der Waals surface area contributed by atoms with E-state index >= 15 is 0 Å². The van der Waals surface area contributed by atoms with Crippen LogP contribution in [-0.2, 0) is 11.0 Å². The van der Waals surface area contributed by atoms with Crippen LogP contribution in [0.3, 0.4) is 0 Å². The van der Waals surface area contributed by atoms with Gasteiger partial charge in [0, 0.05) is 29.8 Å². The van der Waals surface area contributed by atoms with Crippen LogP contribution >= 0.6 is 0 Å². The highest BCUT2D eigenvalue weighted by Crippen LogP contribution is 2.60. The molecule has 1 saturated carbocycles. The van der Waals surface area contributed by atoms with Gasteiger partial charge in [0.05, 0.1) is 11.0 Å². The molecular weight excluding hydrogens is 505 g/mol.